The SMILES string of the molecule is CC(C)(C)c1ccc(C(=O)NCCc2nnc3ccccn23)cc1. The topological polar surface area (TPSA) is 59.3 Å². The Balaban J connectivity index is 1.59. The molecule has 5 heteroatoms. The minimum absolute atomic E-state index is 0.0655. The number of hydrogen-bond acceptors (Lipinski definition) is 3. The van der Waals surface area contributed by atoms with Gasteiger partial charge in [-0.15, -0.1) is 10.2 Å². The van der Waals surface area contributed by atoms with E-state index in [1.165, 1.54) is 5.56 Å². The molecule has 5 nitrogen and oxygen atoms in total. The number of pyridine rings is 1. The van der Waals surface area contributed by atoms with Crippen molar-refractivity contribution in [3.8, 4) is 0 Å². The van der Waals surface area contributed by atoms with Gasteiger partial charge in [0.2, 0.25) is 0 Å². The van der Waals surface area contributed by atoms with Crippen LogP contribution in [0.25, 0.3) is 5.65 Å². The normalized spacial score (nSPS) is 11.6. The first-order valence-corrected chi connectivity index (χ1v) is 8.12. The minimum atomic E-state index is -0.0655. The zero-order valence-corrected chi connectivity index (χ0v) is 14.3. The second kappa shape index (κ2) is 6.43. The second-order valence-corrected chi connectivity index (χ2v) is 6.88. The molecule has 0 aliphatic carbocycles. The maximum absolute atomic E-state index is 12.2. The largest absolute Gasteiger partial charge is 0.352 e. The summed E-state index contributed by atoms with van der Waals surface area (Å²) in [6.45, 7) is 7.00. The summed E-state index contributed by atoms with van der Waals surface area (Å²) >= 11 is 0. The van der Waals surface area contributed by atoms with Crippen LogP contribution in [-0.4, -0.2) is 27.0 Å². The molecular formula is C19H22N4O. The van der Waals surface area contributed by atoms with E-state index in [9.17, 15) is 4.79 Å². The van der Waals surface area contributed by atoms with Crippen LogP contribution in [0.1, 0.15) is 42.5 Å². The Hall–Kier alpha value is -2.69. The Morgan fingerprint density at radius 3 is 2.54 bits per heavy atom. The van der Waals surface area contributed by atoms with Crippen molar-refractivity contribution in [1.82, 2.24) is 19.9 Å². The number of carbonyl (C=O) groups is 1. The Morgan fingerprint density at radius 1 is 1.08 bits per heavy atom. The quantitative estimate of drug-likeness (QED) is 0.803. The third-order valence-corrected chi connectivity index (χ3v) is 4.03. The molecule has 0 saturated heterocycles. The van der Waals surface area contributed by atoms with Crippen LogP contribution in [0, 0.1) is 0 Å². The molecule has 2 aromatic heterocycles. The van der Waals surface area contributed by atoms with E-state index in [0.29, 0.717) is 18.5 Å². The summed E-state index contributed by atoms with van der Waals surface area (Å²) in [6, 6.07) is 13.6. The highest BCUT2D eigenvalue weighted by atomic mass is 16.1. The molecule has 2 heterocycles. The molecule has 0 bridgehead atoms. The number of amides is 1. The van der Waals surface area contributed by atoms with E-state index >= 15 is 0 Å². The Kier molecular flexibility index (Phi) is 4.34. The Labute approximate surface area is 141 Å². The maximum Gasteiger partial charge on any atom is 0.251 e. The summed E-state index contributed by atoms with van der Waals surface area (Å²) in [4.78, 5) is 12.2. The second-order valence-electron chi connectivity index (χ2n) is 6.88. The van der Waals surface area contributed by atoms with Gasteiger partial charge in [0.25, 0.3) is 5.91 Å². The van der Waals surface area contributed by atoms with E-state index in [0.717, 1.165) is 11.5 Å². The number of benzene rings is 1. The predicted molar refractivity (Wildman–Crippen MR) is 94.2 cm³/mol. The van der Waals surface area contributed by atoms with Gasteiger partial charge in [-0.25, -0.2) is 0 Å². The van der Waals surface area contributed by atoms with E-state index < -0.39 is 0 Å². The van der Waals surface area contributed by atoms with Gasteiger partial charge in [-0.3, -0.25) is 9.20 Å². The highest BCUT2D eigenvalue weighted by molar-refractivity contribution is 5.94. The number of aromatic nitrogens is 3. The van der Waals surface area contributed by atoms with Crippen molar-refractivity contribution in [2.75, 3.05) is 6.54 Å². The molecule has 124 valence electrons. The van der Waals surface area contributed by atoms with Crippen LogP contribution in [0.2, 0.25) is 0 Å². The Morgan fingerprint density at radius 2 is 1.83 bits per heavy atom. The molecule has 0 atom stereocenters. The molecule has 0 saturated carbocycles. The number of nitrogens with one attached hydrogen (secondary N) is 1. The zero-order chi connectivity index (χ0) is 17.2. The van der Waals surface area contributed by atoms with Crippen molar-refractivity contribution < 1.29 is 4.79 Å². The summed E-state index contributed by atoms with van der Waals surface area (Å²) in [5.41, 5.74) is 2.80. The van der Waals surface area contributed by atoms with Crippen LogP contribution >= 0.6 is 0 Å². The minimum Gasteiger partial charge on any atom is -0.352 e. The molecule has 3 rings (SSSR count). The van der Waals surface area contributed by atoms with E-state index in [1.54, 1.807) is 0 Å². The van der Waals surface area contributed by atoms with Gasteiger partial charge in [-0.05, 0) is 35.2 Å². The number of carbonyl (C=O) groups excluding carboxylic acids is 1. The molecule has 0 radical (unpaired) electrons. The first-order chi connectivity index (χ1) is 11.4. The van der Waals surface area contributed by atoms with Crippen LogP contribution in [0.4, 0.5) is 0 Å². The molecule has 0 spiro atoms. The van der Waals surface area contributed by atoms with Gasteiger partial charge in [-0.1, -0.05) is 39.0 Å². The molecule has 0 unspecified atom stereocenters. The fourth-order valence-corrected chi connectivity index (χ4v) is 2.57. The third kappa shape index (κ3) is 3.45. The highest BCUT2D eigenvalue weighted by Crippen LogP contribution is 2.22. The van der Waals surface area contributed by atoms with Gasteiger partial charge >= 0.3 is 0 Å². The first-order valence-electron chi connectivity index (χ1n) is 8.12. The van der Waals surface area contributed by atoms with Crippen molar-refractivity contribution in [3.05, 3.63) is 65.6 Å². The maximum atomic E-state index is 12.2. The molecule has 1 aromatic carbocycles. The molecule has 0 aliphatic rings. The summed E-state index contributed by atoms with van der Waals surface area (Å²) in [6.07, 6.45) is 2.56. The first kappa shape index (κ1) is 16.2. The lowest BCUT2D eigenvalue weighted by Crippen LogP contribution is -2.26. The van der Waals surface area contributed by atoms with Gasteiger partial charge in [0.05, 0.1) is 0 Å². The van der Waals surface area contributed by atoms with Gasteiger partial charge in [0.1, 0.15) is 5.82 Å². The smallest absolute Gasteiger partial charge is 0.251 e. The van der Waals surface area contributed by atoms with E-state index in [-0.39, 0.29) is 11.3 Å². The van der Waals surface area contributed by atoms with Gasteiger partial charge < -0.3 is 5.32 Å². The fraction of sp³-hybridized carbons (Fsp3) is 0.316. The average molecular weight is 322 g/mol. The number of nitrogens with zero attached hydrogens (tertiary/aromatic N) is 3. The third-order valence-electron chi connectivity index (χ3n) is 4.03. The van der Waals surface area contributed by atoms with Crippen molar-refractivity contribution in [1.29, 1.82) is 0 Å². The molecule has 3 aromatic rings. The highest BCUT2D eigenvalue weighted by Gasteiger charge is 2.14. The van der Waals surface area contributed by atoms with Crippen molar-refractivity contribution in [2.24, 2.45) is 0 Å². The summed E-state index contributed by atoms with van der Waals surface area (Å²) in [7, 11) is 0. The van der Waals surface area contributed by atoms with Crippen molar-refractivity contribution in [3.63, 3.8) is 0 Å². The molecule has 1 amide bonds. The monoisotopic (exact) mass is 322 g/mol. The van der Waals surface area contributed by atoms with E-state index in [1.807, 2.05) is 53.1 Å². The van der Waals surface area contributed by atoms with Gasteiger partial charge in [0, 0.05) is 24.7 Å². The zero-order valence-electron chi connectivity index (χ0n) is 14.3. The molecular weight excluding hydrogens is 300 g/mol. The van der Waals surface area contributed by atoms with E-state index in [2.05, 4.69) is 36.3 Å². The summed E-state index contributed by atoms with van der Waals surface area (Å²) < 4.78 is 1.93. The molecule has 1 N–H and O–H groups in total. The Bertz CT molecular complexity index is 844. The van der Waals surface area contributed by atoms with Gasteiger partial charge in [0.15, 0.2) is 5.65 Å². The molecule has 0 fully saturated rings. The van der Waals surface area contributed by atoms with Crippen LogP contribution in [-0.2, 0) is 11.8 Å². The van der Waals surface area contributed by atoms with Crippen LogP contribution in [0.3, 0.4) is 0 Å². The lowest BCUT2D eigenvalue weighted by Gasteiger charge is -2.19. The number of rotatable bonds is 4. The van der Waals surface area contributed by atoms with Crippen LogP contribution < -0.4 is 5.32 Å². The predicted octanol–water partition coefficient (Wildman–Crippen LogP) is 3.00. The number of hydrogen-bond donors (Lipinski definition) is 1. The lowest BCUT2D eigenvalue weighted by atomic mass is 9.87. The van der Waals surface area contributed by atoms with Crippen LogP contribution in [0.5, 0.6) is 0 Å². The van der Waals surface area contributed by atoms with Crippen LogP contribution in [0.15, 0.2) is 48.7 Å². The average Bonchev–Trinajstić information content (AvgIpc) is 2.97. The van der Waals surface area contributed by atoms with Gasteiger partial charge in [-0.2, -0.15) is 0 Å². The fourth-order valence-electron chi connectivity index (χ4n) is 2.57. The summed E-state index contributed by atoms with van der Waals surface area (Å²) in [5.74, 6) is 0.776. The molecule has 24 heavy (non-hydrogen) atoms. The van der Waals surface area contributed by atoms with E-state index in [4.69, 9.17) is 0 Å². The van der Waals surface area contributed by atoms with Crippen molar-refractivity contribution >= 4 is 11.6 Å². The van der Waals surface area contributed by atoms with Crippen molar-refractivity contribution in [2.45, 2.75) is 32.6 Å². The lowest BCUT2D eigenvalue weighted by molar-refractivity contribution is 0.0954. The number of fused-ring (bicyclic) bond motifs is 1. The molecule has 0 aliphatic heterocycles. The summed E-state index contributed by atoms with van der Waals surface area (Å²) in [5, 5.41) is 11.2. The standard InChI is InChI=1S/C19H22N4O/c1-19(2,3)15-9-7-14(8-10-15)18(24)20-12-11-17-22-21-16-6-4-5-13-23(16)17/h4-10,13H,11-12H2,1-3H3,(H,20,24).